The molecule has 0 heterocycles. The molecule has 3 aromatic carbocycles. The SMILES string of the molecule is CC12C(=O)[C@@](C)(C(c3ccccc3)=C1c1ccccc1)C(C=O)C2S(=O)(=O)c1ccccc1. The summed E-state index contributed by atoms with van der Waals surface area (Å²) in [5.41, 5.74) is 0.451. The summed E-state index contributed by atoms with van der Waals surface area (Å²) >= 11 is 0. The van der Waals surface area contributed by atoms with Crippen LogP contribution >= 0.6 is 0 Å². The Labute approximate surface area is 193 Å². The van der Waals surface area contributed by atoms with Crippen molar-refractivity contribution < 1.29 is 18.0 Å². The zero-order chi connectivity index (χ0) is 23.4. The fraction of sp³-hybridized carbons (Fsp3) is 0.214. The van der Waals surface area contributed by atoms with Crippen molar-refractivity contribution in [3.63, 3.8) is 0 Å². The van der Waals surface area contributed by atoms with Crippen LogP contribution in [0, 0.1) is 16.7 Å². The largest absolute Gasteiger partial charge is 0.303 e. The van der Waals surface area contributed by atoms with Gasteiger partial charge in [0.15, 0.2) is 15.6 Å². The first-order chi connectivity index (χ1) is 15.8. The zero-order valence-corrected chi connectivity index (χ0v) is 19.3. The Morgan fingerprint density at radius 1 is 0.697 bits per heavy atom. The standard InChI is InChI=1S/C28H24O4S/c1-27-22(18-29)25(33(31,32)21-16-10-5-11-17-21)28(2,26(27)30)24(20-14-8-4-9-15-20)23(27)19-12-6-3-7-13-19/h3-18,22,25H,1-2H3/t22?,25?,27-,28?/m1/s1. The van der Waals surface area contributed by atoms with Crippen molar-refractivity contribution in [1.82, 2.24) is 0 Å². The average Bonchev–Trinajstić information content (AvgIpc) is 3.14. The second-order valence-electron chi connectivity index (χ2n) is 9.16. The lowest BCUT2D eigenvalue weighted by Crippen LogP contribution is -2.44. The molecule has 0 radical (unpaired) electrons. The van der Waals surface area contributed by atoms with Gasteiger partial charge in [-0.15, -0.1) is 0 Å². The van der Waals surface area contributed by atoms with Crippen LogP contribution in [0.2, 0.25) is 0 Å². The smallest absolute Gasteiger partial charge is 0.183 e. The molecule has 1 fully saturated rings. The molecule has 0 aliphatic heterocycles. The highest BCUT2D eigenvalue weighted by atomic mass is 32.2. The number of sulfone groups is 1. The number of rotatable bonds is 5. The minimum absolute atomic E-state index is 0.126. The average molecular weight is 457 g/mol. The van der Waals surface area contributed by atoms with Crippen LogP contribution in [-0.4, -0.2) is 25.7 Å². The molecule has 0 N–H and O–H groups in total. The minimum atomic E-state index is -3.99. The monoisotopic (exact) mass is 456 g/mol. The first-order valence-corrected chi connectivity index (χ1v) is 12.5. The summed E-state index contributed by atoms with van der Waals surface area (Å²) in [7, 11) is -3.99. The summed E-state index contributed by atoms with van der Waals surface area (Å²) in [6.45, 7) is 3.45. The molecule has 166 valence electrons. The van der Waals surface area contributed by atoms with Gasteiger partial charge in [0.2, 0.25) is 0 Å². The second kappa shape index (κ2) is 7.35. The number of benzene rings is 3. The van der Waals surface area contributed by atoms with E-state index in [1.54, 1.807) is 32.0 Å². The van der Waals surface area contributed by atoms with Crippen LogP contribution in [0.15, 0.2) is 95.9 Å². The highest BCUT2D eigenvalue weighted by Crippen LogP contribution is 2.70. The highest BCUT2D eigenvalue weighted by molar-refractivity contribution is 7.92. The van der Waals surface area contributed by atoms with E-state index in [2.05, 4.69) is 0 Å². The lowest BCUT2D eigenvalue weighted by Gasteiger charge is -2.39. The van der Waals surface area contributed by atoms with E-state index >= 15 is 0 Å². The Hall–Kier alpha value is -3.31. The molecule has 3 aromatic rings. The maximum absolute atomic E-state index is 14.2. The number of allylic oxidation sites excluding steroid dienone is 2. The Bertz CT molecular complexity index is 1380. The van der Waals surface area contributed by atoms with Crippen molar-refractivity contribution in [2.75, 3.05) is 0 Å². The molecule has 4 nitrogen and oxygen atoms in total. The number of aldehydes is 1. The number of hydrogen-bond donors (Lipinski definition) is 0. The van der Waals surface area contributed by atoms with Crippen LogP contribution in [0.1, 0.15) is 25.0 Å². The Morgan fingerprint density at radius 3 is 1.58 bits per heavy atom. The van der Waals surface area contributed by atoms with E-state index in [1.807, 2.05) is 60.7 Å². The highest BCUT2D eigenvalue weighted by Gasteiger charge is 2.75. The predicted molar refractivity (Wildman–Crippen MR) is 128 cm³/mol. The minimum Gasteiger partial charge on any atom is -0.303 e. The number of fused-ring (bicyclic) bond motifs is 2. The maximum atomic E-state index is 14.2. The molecule has 4 atom stereocenters. The van der Waals surface area contributed by atoms with Gasteiger partial charge in [0.25, 0.3) is 0 Å². The third kappa shape index (κ3) is 2.72. The Morgan fingerprint density at radius 2 is 1.12 bits per heavy atom. The summed E-state index contributed by atoms with van der Waals surface area (Å²) < 4.78 is 27.9. The number of carbonyl (C=O) groups is 2. The summed E-state index contributed by atoms with van der Waals surface area (Å²) in [5, 5.41) is -1.19. The van der Waals surface area contributed by atoms with Gasteiger partial charge in [-0.2, -0.15) is 0 Å². The number of hydrogen-bond acceptors (Lipinski definition) is 4. The van der Waals surface area contributed by atoms with Crippen LogP contribution in [0.3, 0.4) is 0 Å². The first-order valence-electron chi connectivity index (χ1n) is 10.9. The quantitative estimate of drug-likeness (QED) is 0.514. The van der Waals surface area contributed by atoms with E-state index in [1.165, 1.54) is 12.1 Å². The Balaban J connectivity index is 1.88. The maximum Gasteiger partial charge on any atom is 0.183 e. The van der Waals surface area contributed by atoms with Crippen LogP contribution < -0.4 is 0 Å². The van der Waals surface area contributed by atoms with Crippen molar-refractivity contribution in [3.8, 4) is 0 Å². The molecule has 3 unspecified atom stereocenters. The van der Waals surface area contributed by atoms with Crippen LogP contribution in [0.4, 0.5) is 0 Å². The van der Waals surface area contributed by atoms with E-state index in [9.17, 15) is 18.0 Å². The summed E-state index contributed by atoms with van der Waals surface area (Å²) in [6, 6.07) is 27.1. The van der Waals surface area contributed by atoms with E-state index in [0.29, 0.717) is 11.9 Å². The lowest BCUT2D eigenvalue weighted by molar-refractivity contribution is -0.128. The van der Waals surface area contributed by atoms with Crippen molar-refractivity contribution >= 4 is 33.1 Å². The third-order valence-electron chi connectivity index (χ3n) is 7.47. The third-order valence-corrected chi connectivity index (χ3v) is 9.83. The number of carbonyl (C=O) groups excluding carboxylic acids is 2. The van der Waals surface area contributed by atoms with E-state index < -0.39 is 31.8 Å². The molecule has 2 bridgehead atoms. The van der Waals surface area contributed by atoms with E-state index in [-0.39, 0.29) is 10.7 Å². The number of Topliss-reactive ketones (excluding diaryl/α,β-unsaturated/α-hetero) is 1. The molecule has 0 spiro atoms. The van der Waals surface area contributed by atoms with Gasteiger partial charge in [-0.05, 0) is 48.3 Å². The molecular weight excluding hydrogens is 432 g/mol. The second-order valence-corrected chi connectivity index (χ2v) is 11.2. The van der Waals surface area contributed by atoms with E-state index in [0.717, 1.165) is 16.7 Å². The van der Waals surface area contributed by atoms with Crippen molar-refractivity contribution in [1.29, 1.82) is 0 Å². The number of ketones is 1. The van der Waals surface area contributed by atoms with Gasteiger partial charge >= 0.3 is 0 Å². The topological polar surface area (TPSA) is 68.3 Å². The molecule has 2 aliphatic rings. The molecule has 33 heavy (non-hydrogen) atoms. The molecule has 5 heteroatoms. The van der Waals surface area contributed by atoms with Gasteiger partial charge in [0.1, 0.15) is 6.29 Å². The zero-order valence-electron chi connectivity index (χ0n) is 18.4. The van der Waals surface area contributed by atoms with Crippen LogP contribution in [-0.2, 0) is 19.4 Å². The van der Waals surface area contributed by atoms with Crippen molar-refractivity contribution in [2.45, 2.75) is 24.0 Å². The van der Waals surface area contributed by atoms with Crippen molar-refractivity contribution in [3.05, 3.63) is 102 Å². The normalized spacial score (nSPS) is 28.8. The molecular formula is C28H24O4S. The van der Waals surface area contributed by atoms with Gasteiger partial charge in [-0.1, -0.05) is 78.9 Å². The van der Waals surface area contributed by atoms with Gasteiger partial charge < -0.3 is 4.79 Å². The molecule has 2 aliphatic carbocycles. The molecule has 1 saturated carbocycles. The van der Waals surface area contributed by atoms with Gasteiger partial charge in [0, 0.05) is 5.92 Å². The fourth-order valence-electron chi connectivity index (χ4n) is 6.10. The first kappa shape index (κ1) is 21.5. The predicted octanol–water partition coefficient (Wildman–Crippen LogP) is 4.86. The van der Waals surface area contributed by atoms with Crippen LogP contribution in [0.25, 0.3) is 11.1 Å². The summed E-state index contributed by atoms with van der Waals surface area (Å²) in [6.07, 6.45) is 0.680. The van der Waals surface area contributed by atoms with Gasteiger partial charge in [-0.3, -0.25) is 4.79 Å². The molecule has 0 saturated heterocycles. The van der Waals surface area contributed by atoms with Crippen molar-refractivity contribution in [2.24, 2.45) is 16.7 Å². The summed E-state index contributed by atoms with van der Waals surface area (Å²) in [4.78, 5) is 26.9. The Kier molecular flexibility index (Phi) is 4.80. The van der Waals surface area contributed by atoms with Gasteiger partial charge in [0.05, 0.1) is 21.0 Å². The fourth-order valence-corrected chi connectivity index (χ4v) is 8.50. The van der Waals surface area contributed by atoms with Crippen LogP contribution in [0.5, 0.6) is 0 Å². The van der Waals surface area contributed by atoms with Gasteiger partial charge in [-0.25, -0.2) is 8.42 Å². The molecule has 0 amide bonds. The molecule has 5 rings (SSSR count). The lowest BCUT2D eigenvalue weighted by atomic mass is 9.67. The molecule has 0 aromatic heterocycles. The van der Waals surface area contributed by atoms with E-state index in [4.69, 9.17) is 0 Å². The summed E-state index contributed by atoms with van der Waals surface area (Å²) in [5.74, 6) is -1.21.